The van der Waals surface area contributed by atoms with E-state index in [1.165, 1.54) is 19.2 Å². The van der Waals surface area contributed by atoms with Crippen molar-refractivity contribution < 1.29 is 32.2 Å². The molecule has 39 heavy (non-hydrogen) atoms. The Morgan fingerprint density at radius 2 is 1.46 bits per heavy atom. The molecule has 0 aromatic heterocycles. The van der Waals surface area contributed by atoms with Crippen LogP contribution in [0.3, 0.4) is 0 Å². The maximum Gasteiger partial charge on any atom is 0.327 e. The molecule has 1 atom stereocenters. The molecule has 0 fully saturated rings. The van der Waals surface area contributed by atoms with Crippen LogP contribution in [0.25, 0.3) is 0 Å². The number of esters is 1. The molecule has 0 aliphatic heterocycles. The maximum absolute atomic E-state index is 14.4. The van der Waals surface area contributed by atoms with Crippen LogP contribution >= 0.6 is 0 Å². The third-order valence-electron chi connectivity index (χ3n) is 6.08. The van der Waals surface area contributed by atoms with Crippen LogP contribution in [-0.2, 0) is 29.3 Å². The minimum Gasteiger partial charge on any atom is -0.485 e. The summed E-state index contributed by atoms with van der Waals surface area (Å²) in [6.07, 6.45) is 0. The summed E-state index contributed by atoms with van der Waals surface area (Å²) in [4.78, 5) is 12.4. The highest BCUT2D eigenvalue weighted by Crippen LogP contribution is 2.31. The minimum absolute atomic E-state index is 0.0704. The molecule has 1 N–H and O–H groups in total. The quantitative estimate of drug-likeness (QED) is 0.220. The van der Waals surface area contributed by atoms with Gasteiger partial charge in [-0.1, -0.05) is 48.5 Å². The predicted octanol–water partition coefficient (Wildman–Crippen LogP) is 6.57. The largest absolute Gasteiger partial charge is 0.485 e. The van der Waals surface area contributed by atoms with E-state index in [1.54, 1.807) is 37.3 Å². The molecular formula is C31H28F3NO4. The third-order valence-corrected chi connectivity index (χ3v) is 6.08. The Kier molecular flexibility index (Phi) is 9.22. The average molecular weight is 536 g/mol. The number of aryl methyl sites for hydroxylation is 1. The van der Waals surface area contributed by atoms with E-state index < -0.39 is 29.5 Å². The van der Waals surface area contributed by atoms with E-state index in [0.29, 0.717) is 17.1 Å². The first-order valence-corrected chi connectivity index (χ1v) is 12.3. The topological polar surface area (TPSA) is 56.8 Å². The summed E-state index contributed by atoms with van der Waals surface area (Å²) in [5.74, 6) is -1.65. The van der Waals surface area contributed by atoms with E-state index in [4.69, 9.17) is 14.2 Å². The standard InChI is InChI=1S/C31H28F3NO4/c1-20-8-10-23(26(33)14-20)19-39-29-15-21(17-35-30(31(36)37-2)22-6-4-3-5-7-22)9-13-28(29)38-18-24-11-12-25(32)16-27(24)34/h3-16,30,35H,17-19H2,1-2H3/t30-/m0/s1. The van der Waals surface area contributed by atoms with Crippen LogP contribution in [0.4, 0.5) is 13.2 Å². The zero-order valence-corrected chi connectivity index (χ0v) is 21.5. The summed E-state index contributed by atoms with van der Waals surface area (Å²) >= 11 is 0. The van der Waals surface area contributed by atoms with Crippen LogP contribution in [0.5, 0.6) is 11.5 Å². The minimum atomic E-state index is -0.727. The fraction of sp³-hybridized carbons (Fsp3) is 0.194. The first-order chi connectivity index (χ1) is 18.8. The highest BCUT2D eigenvalue weighted by Gasteiger charge is 2.21. The molecule has 0 radical (unpaired) electrons. The number of hydrogen-bond donors (Lipinski definition) is 1. The Morgan fingerprint density at radius 1 is 0.795 bits per heavy atom. The van der Waals surface area contributed by atoms with Crippen LogP contribution in [0.2, 0.25) is 0 Å². The molecule has 0 unspecified atom stereocenters. The smallest absolute Gasteiger partial charge is 0.327 e. The van der Waals surface area contributed by atoms with Gasteiger partial charge in [-0.05, 0) is 53.9 Å². The van der Waals surface area contributed by atoms with Crippen molar-refractivity contribution in [1.82, 2.24) is 5.32 Å². The zero-order chi connectivity index (χ0) is 27.8. The van der Waals surface area contributed by atoms with Gasteiger partial charge in [0.2, 0.25) is 0 Å². The lowest BCUT2D eigenvalue weighted by Gasteiger charge is -2.18. The molecule has 0 bridgehead atoms. The molecule has 0 aliphatic rings. The van der Waals surface area contributed by atoms with E-state index >= 15 is 0 Å². The molecule has 0 spiro atoms. The molecular weight excluding hydrogens is 507 g/mol. The van der Waals surface area contributed by atoms with Crippen LogP contribution in [0.15, 0.2) is 84.9 Å². The van der Waals surface area contributed by atoms with Gasteiger partial charge < -0.3 is 14.2 Å². The summed E-state index contributed by atoms with van der Waals surface area (Å²) in [7, 11) is 1.33. The van der Waals surface area contributed by atoms with Gasteiger partial charge in [0.15, 0.2) is 11.5 Å². The molecule has 202 valence electrons. The molecule has 4 rings (SSSR count). The average Bonchev–Trinajstić information content (AvgIpc) is 2.93. The summed E-state index contributed by atoms with van der Waals surface area (Å²) < 4.78 is 58.6. The Labute approximate surface area is 225 Å². The lowest BCUT2D eigenvalue weighted by molar-refractivity contribution is -0.143. The van der Waals surface area contributed by atoms with E-state index in [0.717, 1.165) is 28.8 Å². The number of rotatable bonds is 11. The van der Waals surface area contributed by atoms with Crippen LogP contribution in [0, 0.1) is 24.4 Å². The summed E-state index contributed by atoms with van der Waals surface area (Å²) in [5.41, 5.74) is 2.81. The van der Waals surface area contributed by atoms with Crippen molar-refractivity contribution in [3.8, 4) is 11.5 Å². The molecule has 0 aliphatic carbocycles. The van der Waals surface area contributed by atoms with Crippen molar-refractivity contribution in [1.29, 1.82) is 0 Å². The SMILES string of the molecule is COC(=O)[C@@H](NCc1ccc(OCc2ccc(F)cc2F)c(OCc2ccc(C)cc2F)c1)c1ccccc1. The van der Waals surface area contributed by atoms with Crippen molar-refractivity contribution in [2.75, 3.05) is 7.11 Å². The molecule has 8 heteroatoms. The molecule has 4 aromatic carbocycles. The van der Waals surface area contributed by atoms with Crippen LogP contribution in [-0.4, -0.2) is 13.1 Å². The van der Waals surface area contributed by atoms with Crippen molar-refractivity contribution in [2.24, 2.45) is 0 Å². The van der Waals surface area contributed by atoms with Gasteiger partial charge in [0.05, 0.1) is 7.11 Å². The molecule has 0 saturated carbocycles. The molecule has 5 nitrogen and oxygen atoms in total. The third kappa shape index (κ3) is 7.39. The lowest BCUT2D eigenvalue weighted by atomic mass is 10.1. The summed E-state index contributed by atoms with van der Waals surface area (Å²) in [6.45, 7) is 1.83. The first kappa shape index (κ1) is 27.7. The molecule has 0 saturated heterocycles. The van der Waals surface area contributed by atoms with E-state index in [9.17, 15) is 18.0 Å². The number of ether oxygens (including phenoxy) is 3. The number of halogens is 3. The Bertz CT molecular complexity index is 1430. The van der Waals surface area contributed by atoms with Crippen molar-refractivity contribution in [2.45, 2.75) is 32.7 Å². The van der Waals surface area contributed by atoms with Gasteiger partial charge in [-0.15, -0.1) is 0 Å². The lowest BCUT2D eigenvalue weighted by Crippen LogP contribution is -2.29. The van der Waals surface area contributed by atoms with Gasteiger partial charge >= 0.3 is 5.97 Å². The number of methoxy groups -OCH3 is 1. The van der Waals surface area contributed by atoms with E-state index in [-0.39, 0.29) is 25.3 Å². The van der Waals surface area contributed by atoms with Crippen molar-refractivity contribution >= 4 is 5.97 Å². The highest BCUT2D eigenvalue weighted by atomic mass is 19.1. The van der Waals surface area contributed by atoms with Gasteiger partial charge in [-0.2, -0.15) is 0 Å². The van der Waals surface area contributed by atoms with Gasteiger partial charge in [0, 0.05) is 23.7 Å². The number of hydrogen-bond acceptors (Lipinski definition) is 5. The number of benzene rings is 4. The first-order valence-electron chi connectivity index (χ1n) is 12.3. The van der Waals surface area contributed by atoms with E-state index in [1.807, 2.05) is 30.3 Å². The number of carbonyl (C=O) groups is 1. The summed E-state index contributed by atoms with van der Waals surface area (Å²) in [5, 5.41) is 3.19. The monoisotopic (exact) mass is 535 g/mol. The van der Waals surface area contributed by atoms with Crippen LogP contribution < -0.4 is 14.8 Å². The number of carbonyl (C=O) groups excluding carboxylic acids is 1. The second-order valence-corrected chi connectivity index (χ2v) is 8.94. The van der Waals surface area contributed by atoms with Crippen molar-refractivity contribution in [3.63, 3.8) is 0 Å². The number of nitrogens with one attached hydrogen (secondary N) is 1. The fourth-order valence-corrected chi connectivity index (χ4v) is 3.93. The van der Waals surface area contributed by atoms with Gasteiger partial charge in [-0.25, -0.2) is 18.0 Å². The van der Waals surface area contributed by atoms with Crippen molar-refractivity contribution in [3.05, 3.63) is 130 Å². The highest BCUT2D eigenvalue weighted by molar-refractivity contribution is 5.77. The second kappa shape index (κ2) is 13.0. The van der Waals surface area contributed by atoms with E-state index in [2.05, 4.69) is 5.32 Å². The molecule has 0 amide bonds. The second-order valence-electron chi connectivity index (χ2n) is 8.94. The maximum atomic E-state index is 14.4. The van der Waals surface area contributed by atoms with Gasteiger partial charge in [0.1, 0.15) is 36.7 Å². The molecule has 4 aromatic rings. The Hall–Kier alpha value is -4.30. The van der Waals surface area contributed by atoms with Gasteiger partial charge in [-0.3, -0.25) is 5.32 Å². The zero-order valence-electron chi connectivity index (χ0n) is 21.5. The predicted molar refractivity (Wildman–Crippen MR) is 141 cm³/mol. The van der Waals surface area contributed by atoms with Gasteiger partial charge in [0.25, 0.3) is 0 Å². The Balaban J connectivity index is 1.55. The normalized spacial score (nSPS) is 11.6. The summed E-state index contributed by atoms with van der Waals surface area (Å²) in [6, 6.07) is 21.7. The Morgan fingerprint density at radius 3 is 2.13 bits per heavy atom. The molecule has 0 heterocycles. The fourth-order valence-electron chi connectivity index (χ4n) is 3.93. The van der Waals surface area contributed by atoms with Crippen LogP contribution in [0.1, 0.15) is 33.9 Å².